The van der Waals surface area contributed by atoms with Gasteiger partial charge in [-0.25, -0.2) is 9.97 Å². The summed E-state index contributed by atoms with van der Waals surface area (Å²) in [6.07, 6.45) is 5.72. The molecule has 0 aliphatic heterocycles. The lowest BCUT2D eigenvalue weighted by Gasteiger charge is -2.21. The van der Waals surface area contributed by atoms with Gasteiger partial charge in [0.25, 0.3) is 0 Å². The molecule has 0 fully saturated rings. The summed E-state index contributed by atoms with van der Waals surface area (Å²) in [6.45, 7) is 10.0. The molecule has 0 N–H and O–H groups in total. The van der Waals surface area contributed by atoms with Crippen LogP contribution in [-0.2, 0) is 0 Å². The van der Waals surface area contributed by atoms with Gasteiger partial charge in [-0.3, -0.25) is 4.40 Å². The summed E-state index contributed by atoms with van der Waals surface area (Å²) < 4.78 is 13.6. The average molecular weight is 436 g/mol. The monoisotopic (exact) mass is 435 g/mol. The maximum atomic E-state index is 6.39. The third-order valence-corrected chi connectivity index (χ3v) is 4.84. The van der Waals surface area contributed by atoms with Gasteiger partial charge in [0.15, 0.2) is 0 Å². The first-order valence-corrected chi connectivity index (χ1v) is 10.7. The smallest absolute Gasteiger partial charge is 0.232 e. The minimum Gasteiger partial charge on any atom is -0.488 e. The predicted molar refractivity (Wildman–Crippen MR) is 125 cm³/mol. The fourth-order valence-corrected chi connectivity index (χ4v) is 3.52. The van der Waals surface area contributed by atoms with Crippen LogP contribution in [0.2, 0.25) is 5.02 Å². The second-order valence-corrected chi connectivity index (χ2v) is 9.11. The number of hydrogen-bond donors (Lipinski definition) is 0. The van der Waals surface area contributed by atoms with Crippen LogP contribution in [0.15, 0.2) is 61.1 Å². The topological polar surface area (TPSA) is 48.7 Å². The number of fused-ring (bicyclic) bond motifs is 1. The first kappa shape index (κ1) is 21.2. The molecule has 0 aliphatic rings. The van der Waals surface area contributed by atoms with Crippen molar-refractivity contribution in [3.05, 3.63) is 66.1 Å². The highest BCUT2D eigenvalue weighted by atomic mass is 35.5. The van der Waals surface area contributed by atoms with Crippen LogP contribution in [0.4, 0.5) is 0 Å². The van der Waals surface area contributed by atoms with E-state index in [-0.39, 0.29) is 11.7 Å². The van der Waals surface area contributed by atoms with Gasteiger partial charge in [0, 0.05) is 29.1 Å². The van der Waals surface area contributed by atoms with E-state index < -0.39 is 0 Å². The molecular weight excluding hydrogens is 410 g/mol. The van der Waals surface area contributed by atoms with Crippen molar-refractivity contribution >= 4 is 17.2 Å². The van der Waals surface area contributed by atoms with Gasteiger partial charge >= 0.3 is 0 Å². The molecule has 0 bridgehead atoms. The zero-order chi connectivity index (χ0) is 22.2. The Morgan fingerprint density at radius 2 is 1.61 bits per heavy atom. The number of aromatic nitrogens is 3. The van der Waals surface area contributed by atoms with Gasteiger partial charge in [-0.2, -0.15) is 0 Å². The van der Waals surface area contributed by atoms with Gasteiger partial charge in [0.2, 0.25) is 5.88 Å². The second-order valence-electron chi connectivity index (χ2n) is 8.71. The van der Waals surface area contributed by atoms with E-state index >= 15 is 0 Å². The van der Waals surface area contributed by atoms with Gasteiger partial charge in [-0.05, 0) is 77.1 Å². The average Bonchev–Trinajstić information content (AvgIpc) is 3.12. The molecule has 0 atom stereocenters. The fraction of sp³-hybridized carbons (Fsp3) is 0.280. The van der Waals surface area contributed by atoms with Crippen LogP contribution >= 0.6 is 11.6 Å². The SMILES string of the molecule is CC(C)Oc1ncc(-c2ccc3ncc(-c4ccc(OC(C)(C)C)cc4)n3c2)cc1Cl. The van der Waals surface area contributed by atoms with Crippen molar-refractivity contribution in [1.82, 2.24) is 14.4 Å². The maximum Gasteiger partial charge on any atom is 0.232 e. The van der Waals surface area contributed by atoms with Crippen molar-refractivity contribution in [2.24, 2.45) is 0 Å². The van der Waals surface area contributed by atoms with Crippen LogP contribution in [0, 0.1) is 0 Å². The van der Waals surface area contributed by atoms with E-state index in [1.807, 2.05) is 89.5 Å². The van der Waals surface area contributed by atoms with Crippen molar-refractivity contribution < 1.29 is 9.47 Å². The Morgan fingerprint density at radius 3 is 2.26 bits per heavy atom. The largest absolute Gasteiger partial charge is 0.488 e. The molecule has 31 heavy (non-hydrogen) atoms. The van der Waals surface area contributed by atoms with Crippen LogP contribution in [0.25, 0.3) is 28.0 Å². The lowest BCUT2D eigenvalue weighted by Crippen LogP contribution is -2.22. The molecule has 5 nitrogen and oxygen atoms in total. The Balaban J connectivity index is 1.68. The van der Waals surface area contributed by atoms with Gasteiger partial charge in [0.05, 0.1) is 18.0 Å². The number of ether oxygens (including phenoxy) is 2. The maximum absolute atomic E-state index is 6.39. The Kier molecular flexibility index (Phi) is 5.63. The molecule has 3 heterocycles. The minimum atomic E-state index is -0.231. The number of imidazole rings is 1. The molecule has 4 aromatic rings. The van der Waals surface area contributed by atoms with Crippen molar-refractivity contribution in [3.63, 3.8) is 0 Å². The fourth-order valence-electron chi connectivity index (χ4n) is 3.31. The Bertz CT molecular complexity index is 1210. The number of nitrogens with zero attached hydrogens (tertiary/aromatic N) is 3. The molecule has 0 saturated carbocycles. The number of halogens is 1. The van der Waals surface area contributed by atoms with E-state index in [9.17, 15) is 0 Å². The van der Waals surface area contributed by atoms with Gasteiger partial charge in [-0.15, -0.1) is 0 Å². The lowest BCUT2D eigenvalue weighted by molar-refractivity contribution is 0.131. The molecule has 0 aliphatic carbocycles. The zero-order valence-electron chi connectivity index (χ0n) is 18.4. The van der Waals surface area contributed by atoms with Crippen molar-refractivity contribution in [2.75, 3.05) is 0 Å². The third-order valence-electron chi connectivity index (χ3n) is 4.57. The number of rotatable bonds is 5. The van der Waals surface area contributed by atoms with Crippen molar-refractivity contribution in [2.45, 2.75) is 46.3 Å². The Morgan fingerprint density at radius 1 is 0.903 bits per heavy atom. The normalized spacial score (nSPS) is 11.8. The molecule has 4 rings (SSSR count). The molecule has 0 saturated heterocycles. The molecule has 0 spiro atoms. The summed E-state index contributed by atoms with van der Waals surface area (Å²) >= 11 is 6.39. The lowest BCUT2D eigenvalue weighted by atomic mass is 10.1. The summed E-state index contributed by atoms with van der Waals surface area (Å²) in [4.78, 5) is 8.93. The number of hydrogen-bond acceptors (Lipinski definition) is 4. The second kappa shape index (κ2) is 8.23. The van der Waals surface area contributed by atoms with Gasteiger partial charge < -0.3 is 9.47 Å². The highest BCUT2D eigenvalue weighted by molar-refractivity contribution is 6.32. The summed E-state index contributed by atoms with van der Waals surface area (Å²) in [6, 6.07) is 14.0. The quantitative estimate of drug-likeness (QED) is 0.350. The van der Waals surface area contributed by atoms with Crippen molar-refractivity contribution in [3.8, 4) is 34.0 Å². The Hall–Kier alpha value is -3.05. The van der Waals surface area contributed by atoms with Crippen LogP contribution in [0.3, 0.4) is 0 Å². The molecule has 0 radical (unpaired) electrons. The highest BCUT2D eigenvalue weighted by Gasteiger charge is 2.13. The minimum absolute atomic E-state index is 0.0147. The number of benzene rings is 1. The number of pyridine rings is 2. The summed E-state index contributed by atoms with van der Waals surface area (Å²) in [7, 11) is 0. The van der Waals surface area contributed by atoms with E-state index in [2.05, 4.69) is 14.4 Å². The van der Waals surface area contributed by atoms with Gasteiger partial charge in [0.1, 0.15) is 22.0 Å². The molecule has 0 unspecified atom stereocenters. The highest BCUT2D eigenvalue weighted by Crippen LogP contribution is 2.31. The first-order chi connectivity index (χ1) is 14.7. The molecule has 3 aromatic heterocycles. The van der Waals surface area contributed by atoms with E-state index in [0.717, 1.165) is 33.8 Å². The summed E-state index contributed by atoms with van der Waals surface area (Å²) in [5, 5.41) is 0.492. The molecule has 0 amide bonds. The predicted octanol–water partition coefficient (Wildman–Crippen LogP) is 6.68. The van der Waals surface area contributed by atoms with Crippen LogP contribution in [0.1, 0.15) is 34.6 Å². The van der Waals surface area contributed by atoms with E-state index in [4.69, 9.17) is 21.1 Å². The molecule has 160 valence electrons. The summed E-state index contributed by atoms with van der Waals surface area (Å²) in [5.41, 5.74) is 4.60. The van der Waals surface area contributed by atoms with Crippen molar-refractivity contribution in [1.29, 1.82) is 0 Å². The summed E-state index contributed by atoms with van der Waals surface area (Å²) in [5.74, 6) is 1.29. The third kappa shape index (κ3) is 4.83. The molecular formula is C25H26ClN3O2. The first-order valence-electron chi connectivity index (χ1n) is 10.3. The zero-order valence-corrected chi connectivity index (χ0v) is 19.1. The van der Waals surface area contributed by atoms with Gasteiger partial charge in [-0.1, -0.05) is 11.6 Å². The standard InChI is InChI=1S/C25H26ClN3O2/c1-16(2)30-24-21(26)12-19(13-28-24)18-8-11-23-27-14-22(29(23)15-18)17-6-9-20(10-7-17)31-25(3,4)5/h6-16H,1-5H3. The van der Waals surface area contributed by atoms with E-state index in [1.54, 1.807) is 6.20 Å². The molecule has 1 aromatic carbocycles. The Labute approximate surface area is 187 Å². The van der Waals surface area contributed by atoms with Crippen LogP contribution in [-0.4, -0.2) is 26.1 Å². The van der Waals surface area contributed by atoms with Crippen LogP contribution in [0.5, 0.6) is 11.6 Å². The van der Waals surface area contributed by atoms with Crippen LogP contribution < -0.4 is 9.47 Å². The molecule has 6 heteroatoms. The van der Waals surface area contributed by atoms with E-state index in [0.29, 0.717) is 10.9 Å². The van der Waals surface area contributed by atoms with E-state index in [1.165, 1.54) is 0 Å².